The number of ether oxygens (including phenoxy) is 2. The molecule has 1 aliphatic rings. The van der Waals surface area contributed by atoms with Crippen LogP contribution in [0.15, 0.2) is 18.2 Å². The van der Waals surface area contributed by atoms with Crippen LogP contribution in [0.25, 0.3) is 0 Å². The van der Waals surface area contributed by atoms with Gasteiger partial charge in [-0.25, -0.2) is 0 Å². The Bertz CT molecular complexity index is 557. The van der Waals surface area contributed by atoms with E-state index in [2.05, 4.69) is 5.32 Å². The fourth-order valence-electron chi connectivity index (χ4n) is 2.28. The molecule has 0 spiro atoms. The van der Waals surface area contributed by atoms with Gasteiger partial charge < -0.3 is 19.7 Å². The number of hydrogen-bond acceptors (Lipinski definition) is 4. The van der Waals surface area contributed by atoms with Crippen LogP contribution in [-0.4, -0.2) is 37.6 Å². The number of hydrogen-bond donors (Lipinski definition) is 1. The lowest BCUT2D eigenvalue weighted by molar-refractivity contribution is -0.121. The number of rotatable bonds is 5. The summed E-state index contributed by atoms with van der Waals surface area (Å²) in [6.45, 7) is 6.64. The molecule has 6 nitrogen and oxygen atoms in total. The van der Waals surface area contributed by atoms with Gasteiger partial charge in [-0.3, -0.25) is 9.59 Å². The highest BCUT2D eigenvalue weighted by atomic mass is 16.6. The number of amides is 2. The molecule has 0 fully saturated rings. The summed E-state index contributed by atoms with van der Waals surface area (Å²) in [5.74, 6) is 1.12. The largest absolute Gasteiger partial charge is 0.486 e. The van der Waals surface area contributed by atoms with Crippen LogP contribution in [0, 0.1) is 0 Å². The number of nitrogens with one attached hydrogen (secondary N) is 1. The number of benzene rings is 1. The number of fused-ring (bicyclic) bond motifs is 1. The highest BCUT2D eigenvalue weighted by Crippen LogP contribution is 2.34. The number of carbonyl (C=O) groups excluding carboxylic acids is 2. The third kappa shape index (κ3) is 4.13. The van der Waals surface area contributed by atoms with Gasteiger partial charge in [-0.1, -0.05) is 0 Å². The van der Waals surface area contributed by atoms with Crippen LogP contribution in [0.1, 0.15) is 27.2 Å². The van der Waals surface area contributed by atoms with Crippen LogP contribution in [0.2, 0.25) is 0 Å². The highest BCUT2D eigenvalue weighted by Gasteiger charge is 2.18. The molecule has 2 rings (SSSR count). The molecule has 1 aromatic rings. The fourth-order valence-corrected chi connectivity index (χ4v) is 2.28. The molecule has 0 aliphatic carbocycles. The molecule has 1 aromatic carbocycles. The summed E-state index contributed by atoms with van der Waals surface area (Å²) in [5, 5.41) is 2.82. The van der Waals surface area contributed by atoms with Crippen LogP contribution < -0.4 is 19.7 Å². The van der Waals surface area contributed by atoms with Gasteiger partial charge in [0, 0.05) is 37.7 Å². The molecule has 0 radical (unpaired) electrons. The molecule has 1 N–H and O–H groups in total. The summed E-state index contributed by atoms with van der Waals surface area (Å²) >= 11 is 0. The van der Waals surface area contributed by atoms with Crippen LogP contribution in [-0.2, 0) is 9.59 Å². The van der Waals surface area contributed by atoms with Crippen molar-refractivity contribution in [1.29, 1.82) is 0 Å². The zero-order valence-corrected chi connectivity index (χ0v) is 13.2. The van der Waals surface area contributed by atoms with Gasteiger partial charge in [-0.15, -0.1) is 0 Å². The molecule has 0 saturated carbocycles. The van der Waals surface area contributed by atoms with E-state index in [9.17, 15) is 9.59 Å². The van der Waals surface area contributed by atoms with Crippen molar-refractivity contribution in [3.05, 3.63) is 18.2 Å². The van der Waals surface area contributed by atoms with Crippen LogP contribution >= 0.6 is 0 Å². The summed E-state index contributed by atoms with van der Waals surface area (Å²) in [5.41, 5.74) is 0.703. The summed E-state index contributed by atoms with van der Waals surface area (Å²) in [6, 6.07) is 5.45. The van der Waals surface area contributed by atoms with Crippen molar-refractivity contribution in [1.82, 2.24) is 5.32 Å². The number of carbonyl (C=O) groups is 2. The normalized spacial score (nSPS) is 12.9. The number of nitrogens with zero attached hydrogens (tertiary/aromatic N) is 1. The van der Waals surface area contributed by atoms with E-state index in [4.69, 9.17) is 9.47 Å². The van der Waals surface area contributed by atoms with E-state index in [1.165, 1.54) is 6.92 Å². The predicted octanol–water partition coefficient (Wildman–Crippen LogP) is 1.73. The highest BCUT2D eigenvalue weighted by molar-refractivity contribution is 5.92. The third-order valence-corrected chi connectivity index (χ3v) is 3.23. The molecule has 22 heavy (non-hydrogen) atoms. The monoisotopic (exact) mass is 306 g/mol. The lowest BCUT2D eigenvalue weighted by Crippen LogP contribution is -2.36. The molecule has 0 unspecified atom stereocenters. The van der Waals surface area contributed by atoms with Crippen molar-refractivity contribution < 1.29 is 19.1 Å². The molecular formula is C16H22N2O4. The van der Waals surface area contributed by atoms with Crippen LogP contribution in [0.4, 0.5) is 5.69 Å². The Morgan fingerprint density at radius 1 is 1.23 bits per heavy atom. The van der Waals surface area contributed by atoms with Gasteiger partial charge in [0.1, 0.15) is 13.2 Å². The van der Waals surface area contributed by atoms with E-state index in [0.29, 0.717) is 36.9 Å². The van der Waals surface area contributed by atoms with Crippen molar-refractivity contribution in [3.8, 4) is 11.5 Å². The topological polar surface area (TPSA) is 67.9 Å². The van der Waals surface area contributed by atoms with E-state index in [1.54, 1.807) is 23.1 Å². The molecule has 0 aromatic heterocycles. The minimum absolute atomic E-state index is 0.0706. The standard InChI is InChI=1S/C16H22N2O4/c1-11(2)17-16(20)6-7-18(12(3)19)13-4-5-14-15(10-13)22-9-8-21-14/h4-5,10-11H,6-9H2,1-3H3,(H,17,20). The number of anilines is 1. The molecule has 1 aliphatic heterocycles. The molecule has 0 atom stereocenters. The van der Waals surface area contributed by atoms with Gasteiger partial charge in [-0.2, -0.15) is 0 Å². The van der Waals surface area contributed by atoms with Crippen LogP contribution in [0.5, 0.6) is 11.5 Å². The fraction of sp³-hybridized carbons (Fsp3) is 0.500. The molecule has 1 heterocycles. The Morgan fingerprint density at radius 3 is 2.55 bits per heavy atom. The summed E-state index contributed by atoms with van der Waals surface area (Å²) < 4.78 is 11.0. The summed E-state index contributed by atoms with van der Waals surface area (Å²) in [6.07, 6.45) is 0.256. The van der Waals surface area contributed by atoms with Gasteiger partial charge in [0.2, 0.25) is 11.8 Å². The zero-order valence-electron chi connectivity index (χ0n) is 13.2. The molecule has 0 saturated heterocycles. The van der Waals surface area contributed by atoms with Gasteiger partial charge in [-0.05, 0) is 26.0 Å². The summed E-state index contributed by atoms with van der Waals surface area (Å²) in [4.78, 5) is 25.2. The van der Waals surface area contributed by atoms with E-state index in [0.717, 1.165) is 0 Å². The molecule has 0 bridgehead atoms. The quantitative estimate of drug-likeness (QED) is 0.899. The van der Waals surface area contributed by atoms with Gasteiger partial charge in [0.25, 0.3) is 0 Å². The SMILES string of the molecule is CC(=O)N(CCC(=O)NC(C)C)c1ccc2c(c1)OCCO2. The minimum Gasteiger partial charge on any atom is -0.486 e. The molecule has 120 valence electrons. The van der Waals surface area contributed by atoms with E-state index in [-0.39, 0.29) is 24.3 Å². The van der Waals surface area contributed by atoms with Gasteiger partial charge in [0.05, 0.1) is 0 Å². The molecule has 2 amide bonds. The predicted molar refractivity (Wildman–Crippen MR) is 83.4 cm³/mol. The summed E-state index contributed by atoms with van der Waals surface area (Å²) in [7, 11) is 0. The lowest BCUT2D eigenvalue weighted by atomic mass is 10.2. The first-order chi connectivity index (χ1) is 10.5. The zero-order chi connectivity index (χ0) is 16.1. The van der Waals surface area contributed by atoms with E-state index < -0.39 is 0 Å². The van der Waals surface area contributed by atoms with Crippen molar-refractivity contribution in [2.45, 2.75) is 33.2 Å². The average molecular weight is 306 g/mol. The smallest absolute Gasteiger partial charge is 0.223 e. The van der Waals surface area contributed by atoms with Crippen molar-refractivity contribution in [2.24, 2.45) is 0 Å². The lowest BCUT2D eigenvalue weighted by Gasteiger charge is -2.24. The van der Waals surface area contributed by atoms with Crippen molar-refractivity contribution in [2.75, 3.05) is 24.7 Å². The van der Waals surface area contributed by atoms with Crippen LogP contribution in [0.3, 0.4) is 0 Å². The van der Waals surface area contributed by atoms with Gasteiger partial charge >= 0.3 is 0 Å². The Hall–Kier alpha value is -2.24. The van der Waals surface area contributed by atoms with Crippen molar-refractivity contribution >= 4 is 17.5 Å². The minimum atomic E-state index is -0.117. The first-order valence-corrected chi connectivity index (χ1v) is 7.44. The average Bonchev–Trinajstić information content (AvgIpc) is 2.46. The maximum absolute atomic E-state index is 11.9. The van der Waals surface area contributed by atoms with E-state index >= 15 is 0 Å². The molecule has 6 heteroatoms. The second-order valence-corrected chi connectivity index (χ2v) is 5.47. The third-order valence-electron chi connectivity index (χ3n) is 3.23. The Labute approximate surface area is 130 Å². The second-order valence-electron chi connectivity index (χ2n) is 5.47. The Balaban J connectivity index is 2.08. The van der Waals surface area contributed by atoms with Crippen molar-refractivity contribution in [3.63, 3.8) is 0 Å². The first kappa shape index (κ1) is 16.1. The molecular weight excluding hydrogens is 284 g/mol. The van der Waals surface area contributed by atoms with Gasteiger partial charge in [0.15, 0.2) is 11.5 Å². The Kier molecular flexibility index (Phi) is 5.25. The first-order valence-electron chi connectivity index (χ1n) is 7.44. The second kappa shape index (κ2) is 7.15. The maximum Gasteiger partial charge on any atom is 0.223 e. The Morgan fingerprint density at radius 2 is 1.91 bits per heavy atom. The maximum atomic E-state index is 11.9. The van der Waals surface area contributed by atoms with E-state index in [1.807, 2.05) is 13.8 Å².